The van der Waals surface area contributed by atoms with E-state index in [4.69, 9.17) is 4.74 Å². The molecule has 2 atom stereocenters. The first-order valence-corrected chi connectivity index (χ1v) is 7.76. The number of nitrogens with zero attached hydrogens (tertiary/aromatic N) is 1. The minimum atomic E-state index is -3.07. The fourth-order valence-corrected chi connectivity index (χ4v) is 4.56. The summed E-state index contributed by atoms with van der Waals surface area (Å²) in [6.45, 7) is 0. The number of carbonyl (C=O) groups excluding carboxylic acids is 1. The number of rotatable bonds is 2. The summed E-state index contributed by atoms with van der Waals surface area (Å²) in [5.74, 6) is 0.659. The molecule has 102 valence electrons. The van der Waals surface area contributed by atoms with E-state index in [2.05, 4.69) is 5.32 Å². The molecule has 0 unspecified atom stereocenters. The normalized spacial score (nSPS) is 28.1. The van der Waals surface area contributed by atoms with Gasteiger partial charge in [-0.05, 0) is 12.1 Å². The Morgan fingerprint density at radius 2 is 2.16 bits per heavy atom. The fourth-order valence-electron chi connectivity index (χ4n) is 2.67. The molecule has 0 aliphatic carbocycles. The van der Waals surface area contributed by atoms with E-state index in [9.17, 15) is 13.2 Å². The number of benzene rings is 1. The molecule has 2 fully saturated rings. The molecule has 2 aliphatic heterocycles. The Hall–Kier alpha value is -1.76. The summed E-state index contributed by atoms with van der Waals surface area (Å²) in [5.41, 5.74) is 0.654. The van der Waals surface area contributed by atoms with Crippen LogP contribution >= 0.6 is 0 Å². The average molecular weight is 282 g/mol. The van der Waals surface area contributed by atoms with Gasteiger partial charge < -0.3 is 10.1 Å². The van der Waals surface area contributed by atoms with Gasteiger partial charge in [-0.2, -0.15) is 0 Å². The van der Waals surface area contributed by atoms with Crippen molar-refractivity contribution in [3.05, 3.63) is 24.3 Å². The van der Waals surface area contributed by atoms with Crippen molar-refractivity contribution >= 4 is 21.6 Å². The van der Waals surface area contributed by atoms with Gasteiger partial charge in [0.05, 0.1) is 30.7 Å². The maximum absolute atomic E-state index is 12.0. The number of nitrogens with one attached hydrogen (secondary N) is 1. The van der Waals surface area contributed by atoms with Gasteiger partial charge in [-0.3, -0.25) is 4.90 Å². The van der Waals surface area contributed by atoms with Crippen molar-refractivity contribution < 1.29 is 17.9 Å². The second kappa shape index (κ2) is 4.12. The van der Waals surface area contributed by atoms with E-state index in [1.807, 2.05) is 0 Å². The van der Waals surface area contributed by atoms with Crippen LogP contribution in [0, 0.1) is 0 Å². The largest absolute Gasteiger partial charge is 0.497 e. The van der Waals surface area contributed by atoms with Crippen LogP contribution in [0.4, 0.5) is 10.5 Å². The van der Waals surface area contributed by atoms with Crippen LogP contribution in [0.1, 0.15) is 0 Å². The SMILES string of the molecule is COc1cccc(N2C(=O)N[C@H]3CS(=O)(=O)C[C@H]32)c1. The van der Waals surface area contributed by atoms with Gasteiger partial charge in [-0.25, -0.2) is 13.2 Å². The van der Waals surface area contributed by atoms with Gasteiger partial charge in [-0.1, -0.05) is 6.07 Å². The van der Waals surface area contributed by atoms with Crippen molar-refractivity contribution in [3.63, 3.8) is 0 Å². The maximum Gasteiger partial charge on any atom is 0.322 e. The average Bonchev–Trinajstić information content (AvgIpc) is 2.79. The Labute approximate surface area is 111 Å². The molecule has 19 heavy (non-hydrogen) atoms. The number of carbonyl (C=O) groups is 1. The van der Waals surface area contributed by atoms with Crippen molar-refractivity contribution in [2.45, 2.75) is 12.1 Å². The minimum absolute atomic E-state index is 0.00756. The highest BCUT2D eigenvalue weighted by atomic mass is 32.2. The molecule has 0 bridgehead atoms. The molecule has 0 radical (unpaired) electrons. The Bertz CT molecular complexity index is 628. The number of sulfone groups is 1. The molecule has 3 rings (SSSR count). The highest BCUT2D eigenvalue weighted by Gasteiger charge is 2.49. The van der Waals surface area contributed by atoms with Crippen LogP contribution in [0.2, 0.25) is 0 Å². The number of anilines is 1. The molecular weight excluding hydrogens is 268 g/mol. The molecule has 0 aromatic heterocycles. The third-order valence-corrected chi connectivity index (χ3v) is 5.23. The van der Waals surface area contributed by atoms with Gasteiger partial charge in [0.15, 0.2) is 9.84 Å². The van der Waals surface area contributed by atoms with Gasteiger partial charge >= 0.3 is 6.03 Å². The second-order valence-corrected chi connectivity index (χ2v) is 6.93. The zero-order valence-electron chi connectivity index (χ0n) is 10.4. The van der Waals surface area contributed by atoms with Gasteiger partial charge in [0.25, 0.3) is 0 Å². The lowest BCUT2D eigenvalue weighted by Crippen LogP contribution is -2.36. The number of methoxy groups -OCH3 is 1. The van der Waals surface area contributed by atoms with Crippen LogP contribution in [0.15, 0.2) is 24.3 Å². The van der Waals surface area contributed by atoms with Crippen molar-refractivity contribution in [1.29, 1.82) is 0 Å². The summed E-state index contributed by atoms with van der Waals surface area (Å²) in [6.07, 6.45) is 0. The summed E-state index contributed by atoms with van der Waals surface area (Å²) in [5, 5.41) is 2.72. The molecule has 0 spiro atoms. The molecule has 2 aliphatic rings. The first kappa shape index (κ1) is 12.3. The van der Waals surface area contributed by atoms with Crippen LogP contribution in [0.25, 0.3) is 0 Å². The first-order chi connectivity index (χ1) is 9.00. The zero-order chi connectivity index (χ0) is 13.6. The van der Waals surface area contributed by atoms with Gasteiger partial charge in [-0.15, -0.1) is 0 Å². The summed E-state index contributed by atoms with van der Waals surface area (Å²) < 4.78 is 28.4. The van der Waals surface area contributed by atoms with Crippen LogP contribution in [-0.2, 0) is 9.84 Å². The topological polar surface area (TPSA) is 75.7 Å². The Morgan fingerprint density at radius 1 is 1.37 bits per heavy atom. The summed E-state index contributed by atoms with van der Waals surface area (Å²) >= 11 is 0. The molecule has 1 aromatic rings. The number of hydrogen-bond donors (Lipinski definition) is 1. The summed E-state index contributed by atoms with van der Waals surface area (Å²) in [7, 11) is -1.53. The molecule has 1 N–H and O–H groups in total. The highest BCUT2D eigenvalue weighted by Crippen LogP contribution is 2.31. The van der Waals surface area contributed by atoms with Crippen molar-refractivity contribution in [2.24, 2.45) is 0 Å². The lowest BCUT2D eigenvalue weighted by Gasteiger charge is -2.21. The van der Waals surface area contributed by atoms with E-state index in [0.717, 1.165) is 0 Å². The van der Waals surface area contributed by atoms with Crippen LogP contribution in [-0.4, -0.2) is 45.1 Å². The maximum atomic E-state index is 12.0. The quantitative estimate of drug-likeness (QED) is 0.796. The van der Waals surface area contributed by atoms with Crippen LogP contribution in [0.5, 0.6) is 5.75 Å². The number of hydrogen-bond acceptors (Lipinski definition) is 4. The predicted molar refractivity (Wildman–Crippen MR) is 70.2 cm³/mol. The van der Waals surface area contributed by atoms with E-state index in [0.29, 0.717) is 11.4 Å². The lowest BCUT2D eigenvalue weighted by atomic mass is 10.1. The van der Waals surface area contributed by atoms with Gasteiger partial charge in [0.2, 0.25) is 0 Å². The smallest absolute Gasteiger partial charge is 0.322 e. The van der Waals surface area contributed by atoms with Gasteiger partial charge in [0.1, 0.15) is 5.75 Å². The van der Waals surface area contributed by atoms with Crippen molar-refractivity contribution in [3.8, 4) is 5.75 Å². The van der Waals surface area contributed by atoms with E-state index in [1.165, 1.54) is 4.90 Å². The Balaban J connectivity index is 1.97. The van der Waals surface area contributed by atoms with E-state index in [1.54, 1.807) is 31.4 Å². The van der Waals surface area contributed by atoms with Gasteiger partial charge in [0, 0.05) is 11.8 Å². The number of urea groups is 1. The minimum Gasteiger partial charge on any atom is -0.497 e. The Kier molecular flexibility index (Phi) is 2.67. The first-order valence-electron chi connectivity index (χ1n) is 5.94. The third-order valence-electron chi connectivity index (χ3n) is 3.51. The second-order valence-electron chi connectivity index (χ2n) is 4.77. The highest BCUT2D eigenvalue weighted by molar-refractivity contribution is 7.91. The Morgan fingerprint density at radius 3 is 2.89 bits per heavy atom. The third kappa shape index (κ3) is 2.03. The number of ether oxygens (including phenoxy) is 1. The fraction of sp³-hybridized carbons (Fsp3) is 0.417. The standard InChI is InChI=1S/C12H14N2O4S/c1-18-9-4-2-3-8(5-9)14-11-7-19(16,17)6-10(11)13-12(14)15/h2-5,10-11H,6-7H2,1H3,(H,13,15)/t10-,11+/m0/s1. The zero-order valence-corrected chi connectivity index (χ0v) is 11.2. The number of fused-ring (bicyclic) bond motifs is 1. The molecule has 0 saturated carbocycles. The summed E-state index contributed by atoms with van der Waals surface area (Å²) in [4.78, 5) is 13.5. The molecule has 1 aromatic carbocycles. The molecule has 2 saturated heterocycles. The summed E-state index contributed by atoms with van der Waals surface area (Å²) in [6, 6.07) is 6.16. The molecular formula is C12H14N2O4S. The van der Waals surface area contributed by atoms with E-state index < -0.39 is 9.84 Å². The van der Waals surface area contributed by atoms with Crippen LogP contribution in [0.3, 0.4) is 0 Å². The van der Waals surface area contributed by atoms with E-state index in [-0.39, 0.29) is 29.6 Å². The molecule has 7 heteroatoms. The van der Waals surface area contributed by atoms with Crippen molar-refractivity contribution in [1.82, 2.24) is 5.32 Å². The van der Waals surface area contributed by atoms with E-state index >= 15 is 0 Å². The number of amides is 2. The molecule has 2 heterocycles. The molecule has 2 amide bonds. The van der Waals surface area contributed by atoms with Crippen LogP contribution < -0.4 is 15.0 Å². The monoisotopic (exact) mass is 282 g/mol. The van der Waals surface area contributed by atoms with Crippen molar-refractivity contribution in [2.75, 3.05) is 23.5 Å². The lowest BCUT2D eigenvalue weighted by molar-refractivity contribution is 0.251. The molecule has 6 nitrogen and oxygen atoms in total. The predicted octanol–water partition coefficient (Wildman–Crippen LogP) is 0.390.